The summed E-state index contributed by atoms with van der Waals surface area (Å²) < 4.78 is 5.13. The van der Waals surface area contributed by atoms with Crippen LogP contribution in [0.15, 0.2) is 35.1 Å². The third-order valence-electron chi connectivity index (χ3n) is 2.73. The lowest BCUT2D eigenvalue weighted by Gasteiger charge is -2.21. The summed E-state index contributed by atoms with van der Waals surface area (Å²) in [4.78, 5) is 17.8. The van der Waals surface area contributed by atoms with Gasteiger partial charge in [0.2, 0.25) is 5.76 Å². The molecular weight excluding hydrogens is 230 g/mol. The molecule has 0 aliphatic carbocycles. The van der Waals surface area contributed by atoms with Crippen molar-refractivity contribution >= 4 is 17.3 Å². The van der Waals surface area contributed by atoms with Crippen LogP contribution in [-0.2, 0) is 0 Å². The van der Waals surface area contributed by atoms with Crippen molar-refractivity contribution in [1.82, 2.24) is 4.98 Å². The number of aryl methyl sites for hydroxylation is 1. The van der Waals surface area contributed by atoms with Crippen molar-refractivity contribution in [3.63, 3.8) is 0 Å². The predicted octanol–water partition coefficient (Wildman–Crippen LogP) is 2.23. The Kier molecular flexibility index (Phi) is 3.32. The van der Waals surface area contributed by atoms with Crippen LogP contribution in [0.1, 0.15) is 23.2 Å². The van der Waals surface area contributed by atoms with Crippen molar-refractivity contribution in [1.29, 1.82) is 0 Å². The molecule has 0 fully saturated rings. The van der Waals surface area contributed by atoms with Gasteiger partial charge in [-0.2, -0.15) is 0 Å². The summed E-state index contributed by atoms with van der Waals surface area (Å²) in [5.41, 5.74) is 7.70. The maximum atomic E-state index is 12.3. The molecule has 94 valence electrons. The zero-order valence-corrected chi connectivity index (χ0v) is 10.4. The molecule has 0 saturated carbocycles. The number of hydrogen-bond acceptors (Lipinski definition) is 4. The minimum absolute atomic E-state index is 0.231. The van der Waals surface area contributed by atoms with Crippen molar-refractivity contribution in [3.8, 4) is 0 Å². The first-order valence-corrected chi connectivity index (χ1v) is 5.71. The highest BCUT2D eigenvalue weighted by Gasteiger charge is 2.22. The van der Waals surface area contributed by atoms with E-state index in [2.05, 4.69) is 4.98 Å². The molecule has 0 bridgehead atoms. The second-order valence-corrected chi connectivity index (χ2v) is 3.88. The fourth-order valence-electron chi connectivity index (χ4n) is 1.79. The summed E-state index contributed by atoms with van der Waals surface area (Å²) in [6.45, 7) is 4.13. The number of anilines is 2. The number of nitrogens with two attached hydrogens (primary N) is 1. The molecule has 2 rings (SSSR count). The van der Waals surface area contributed by atoms with E-state index in [1.54, 1.807) is 17.9 Å². The van der Waals surface area contributed by atoms with Gasteiger partial charge < -0.3 is 15.1 Å². The third kappa shape index (κ3) is 2.07. The zero-order chi connectivity index (χ0) is 13.1. The summed E-state index contributed by atoms with van der Waals surface area (Å²) >= 11 is 0. The van der Waals surface area contributed by atoms with Gasteiger partial charge in [-0.1, -0.05) is 12.1 Å². The van der Waals surface area contributed by atoms with Gasteiger partial charge >= 0.3 is 0 Å². The molecule has 5 nitrogen and oxygen atoms in total. The van der Waals surface area contributed by atoms with Gasteiger partial charge in [-0.05, 0) is 26.0 Å². The van der Waals surface area contributed by atoms with Crippen molar-refractivity contribution in [2.75, 3.05) is 17.2 Å². The Morgan fingerprint density at radius 1 is 1.44 bits per heavy atom. The molecule has 0 saturated heterocycles. The molecule has 0 atom stereocenters. The summed E-state index contributed by atoms with van der Waals surface area (Å²) in [6, 6.07) is 7.24. The van der Waals surface area contributed by atoms with Crippen molar-refractivity contribution < 1.29 is 9.21 Å². The Balaban J connectivity index is 2.39. The average molecular weight is 245 g/mol. The van der Waals surface area contributed by atoms with Gasteiger partial charge in [0.05, 0.1) is 17.1 Å². The van der Waals surface area contributed by atoms with Crippen molar-refractivity contribution in [2.45, 2.75) is 13.8 Å². The lowest BCUT2D eigenvalue weighted by atomic mass is 10.2. The molecule has 0 radical (unpaired) electrons. The lowest BCUT2D eigenvalue weighted by molar-refractivity contribution is 0.0961. The maximum absolute atomic E-state index is 12.3. The maximum Gasteiger partial charge on any atom is 0.296 e. The van der Waals surface area contributed by atoms with Crippen LogP contribution in [0.25, 0.3) is 0 Å². The highest BCUT2D eigenvalue weighted by atomic mass is 16.3. The fraction of sp³-hybridized carbons (Fsp3) is 0.231. The Morgan fingerprint density at radius 3 is 2.72 bits per heavy atom. The number of para-hydroxylation sites is 2. The molecule has 0 spiro atoms. The van der Waals surface area contributed by atoms with Gasteiger partial charge in [0, 0.05) is 6.54 Å². The van der Waals surface area contributed by atoms with Gasteiger partial charge in [-0.3, -0.25) is 4.79 Å². The molecule has 0 unspecified atom stereocenters. The summed E-state index contributed by atoms with van der Waals surface area (Å²) in [7, 11) is 0. The predicted molar refractivity (Wildman–Crippen MR) is 69.4 cm³/mol. The Hall–Kier alpha value is -2.30. The number of amides is 1. The van der Waals surface area contributed by atoms with E-state index in [4.69, 9.17) is 10.2 Å². The van der Waals surface area contributed by atoms with Gasteiger partial charge in [0.15, 0.2) is 6.39 Å². The van der Waals surface area contributed by atoms with Crippen LogP contribution in [0.5, 0.6) is 0 Å². The largest absolute Gasteiger partial charge is 0.438 e. The smallest absolute Gasteiger partial charge is 0.296 e. The van der Waals surface area contributed by atoms with Crippen LogP contribution in [0.2, 0.25) is 0 Å². The van der Waals surface area contributed by atoms with Gasteiger partial charge in [-0.15, -0.1) is 0 Å². The first-order chi connectivity index (χ1) is 8.65. The minimum Gasteiger partial charge on any atom is -0.438 e. The Labute approximate surface area is 105 Å². The number of aromatic nitrogens is 1. The minimum atomic E-state index is -0.231. The second-order valence-electron chi connectivity index (χ2n) is 3.88. The first kappa shape index (κ1) is 12.2. The SMILES string of the molecule is CCN(C(=O)c1ocnc1C)c1ccccc1N. The summed E-state index contributed by atoms with van der Waals surface area (Å²) in [6.07, 6.45) is 1.27. The molecule has 1 aromatic heterocycles. The van der Waals surface area contributed by atoms with Gasteiger partial charge in [-0.25, -0.2) is 4.98 Å². The quantitative estimate of drug-likeness (QED) is 0.841. The van der Waals surface area contributed by atoms with Crippen LogP contribution in [0, 0.1) is 6.92 Å². The van der Waals surface area contributed by atoms with E-state index in [9.17, 15) is 4.79 Å². The van der Waals surface area contributed by atoms with E-state index < -0.39 is 0 Å². The molecule has 2 N–H and O–H groups in total. The third-order valence-corrected chi connectivity index (χ3v) is 2.73. The number of carbonyl (C=O) groups is 1. The average Bonchev–Trinajstić information content (AvgIpc) is 2.78. The molecule has 0 aliphatic rings. The highest BCUT2D eigenvalue weighted by Crippen LogP contribution is 2.24. The molecular formula is C13H15N3O2. The molecule has 0 aliphatic heterocycles. The second kappa shape index (κ2) is 4.91. The van der Waals surface area contributed by atoms with E-state index >= 15 is 0 Å². The Bertz CT molecular complexity index is 563. The van der Waals surface area contributed by atoms with E-state index in [1.165, 1.54) is 6.39 Å². The number of benzene rings is 1. The van der Waals surface area contributed by atoms with E-state index in [1.807, 2.05) is 25.1 Å². The normalized spacial score (nSPS) is 10.3. The molecule has 5 heteroatoms. The molecule has 1 aromatic carbocycles. The number of carbonyl (C=O) groups excluding carboxylic acids is 1. The van der Waals surface area contributed by atoms with E-state index in [0.717, 1.165) is 0 Å². The van der Waals surface area contributed by atoms with Gasteiger partial charge in [0.1, 0.15) is 0 Å². The van der Waals surface area contributed by atoms with Crippen LogP contribution >= 0.6 is 0 Å². The van der Waals surface area contributed by atoms with Crippen LogP contribution in [0.4, 0.5) is 11.4 Å². The monoisotopic (exact) mass is 245 g/mol. The highest BCUT2D eigenvalue weighted by molar-refractivity contribution is 6.06. The van der Waals surface area contributed by atoms with Gasteiger partial charge in [0.25, 0.3) is 5.91 Å². The molecule has 2 aromatic rings. The number of rotatable bonds is 3. The number of nitrogens with zero attached hydrogens (tertiary/aromatic N) is 2. The molecule has 18 heavy (non-hydrogen) atoms. The van der Waals surface area contributed by atoms with E-state index in [-0.39, 0.29) is 11.7 Å². The van der Waals surface area contributed by atoms with Crippen molar-refractivity contribution in [2.24, 2.45) is 0 Å². The topological polar surface area (TPSA) is 72.4 Å². The first-order valence-electron chi connectivity index (χ1n) is 5.71. The van der Waals surface area contributed by atoms with Crippen molar-refractivity contribution in [3.05, 3.63) is 42.1 Å². The lowest BCUT2D eigenvalue weighted by Crippen LogP contribution is -2.31. The molecule has 1 amide bonds. The van der Waals surface area contributed by atoms with Crippen LogP contribution in [-0.4, -0.2) is 17.4 Å². The number of oxazole rings is 1. The number of hydrogen-bond donors (Lipinski definition) is 1. The summed E-state index contributed by atoms with van der Waals surface area (Å²) in [5.74, 6) is 0.0190. The zero-order valence-electron chi connectivity index (χ0n) is 10.4. The Morgan fingerprint density at radius 2 is 2.17 bits per heavy atom. The van der Waals surface area contributed by atoms with E-state index in [0.29, 0.717) is 23.6 Å². The van der Waals surface area contributed by atoms with Crippen LogP contribution < -0.4 is 10.6 Å². The van der Waals surface area contributed by atoms with Crippen LogP contribution in [0.3, 0.4) is 0 Å². The standard InChI is InChI=1S/C13H15N3O2/c1-3-16(11-7-5-4-6-10(11)14)13(17)12-9(2)15-8-18-12/h4-8H,3,14H2,1-2H3. The number of nitrogen functional groups attached to an aromatic ring is 1. The molecule has 1 heterocycles. The fourth-order valence-corrected chi connectivity index (χ4v) is 1.79. The summed E-state index contributed by atoms with van der Waals surface area (Å²) in [5, 5.41) is 0.